The second-order valence-corrected chi connectivity index (χ2v) is 7.22. The minimum Gasteiger partial charge on any atom is -0.372 e. The lowest BCUT2D eigenvalue weighted by Gasteiger charge is -2.32. The molecular formula is C26H23NO. The molecule has 2 atom stereocenters. The lowest BCUT2D eigenvalue weighted by atomic mass is 9.97. The summed E-state index contributed by atoms with van der Waals surface area (Å²) in [5, 5.41) is 11.4. The summed E-state index contributed by atoms with van der Waals surface area (Å²) in [6.07, 6.45) is 1.89. The highest BCUT2D eigenvalue weighted by atomic mass is 16.3. The van der Waals surface area contributed by atoms with Crippen LogP contribution in [0.4, 0.5) is 5.69 Å². The number of hydrogen-bond acceptors (Lipinski definition) is 2. The van der Waals surface area contributed by atoms with Crippen molar-refractivity contribution < 1.29 is 5.11 Å². The third-order valence-corrected chi connectivity index (χ3v) is 5.20. The van der Waals surface area contributed by atoms with E-state index in [0.29, 0.717) is 0 Å². The molecule has 2 unspecified atom stereocenters. The molecule has 1 aliphatic heterocycles. The first kappa shape index (κ1) is 18.1. The molecule has 2 nitrogen and oxygen atoms in total. The Morgan fingerprint density at radius 1 is 0.857 bits per heavy atom. The second kappa shape index (κ2) is 7.38. The van der Waals surface area contributed by atoms with Gasteiger partial charge in [0, 0.05) is 16.9 Å². The molecule has 1 heterocycles. The summed E-state index contributed by atoms with van der Waals surface area (Å²) in [5.41, 5.74) is 3.94. The molecule has 0 fully saturated rings. The zero-order chi connectivity index (χ0) is 19.6. The van der Waals surface area contributed by atoms with Crippen molar-refractivity contribution in [1.82, 2.24) is 0 Å². The molecule has 1 N–H and O–H groups in total. The minimum absolute atomic E-state index is 0.221. The number of aryl methyl sites for hydroxylation is 1. The van der Waals surface area contributed by atoms with Gasteiger partial charge in [-0.3, -0.25) is 0 Å². The molecule has 1 aliphatic rings. The van der Waals surface area contributed by atoms with Gasteiger partial charge >= 0.3 is 0 Å². The highest BCUT2D eigenvalue weighted by molar-refractivity contribution is 5.85. The molecular weight excluding hydrogens is 342 g/mol. The van der Waals surface area contributed by atoms with E-state index in [-0.39, 0.29) is 6.04 Å². The molecule has 28 heavy (non-hydrogen) atoms. The molecule has 138 valence electrons. The summed E-state index contributed by atoms with van der Waals surface area (Å²) in [6.45, 7) is 4.10. The van der Waals surface area contributed by atoms with Crippen molar-refractivity contribution in [3.8, 4) is 11.8 Å². The van der Waals surface area contributed by atoms with E-state index in [2.05, 4.69) is 60.1 Å². The number of aliphatic hydroxyl groups is 1. The van der Waals surface area contributed by atoms with E-state index < -0.39 is 5.60 Å². The normalized spacial score (nSPS) is 21.0. The van der Waals surface area contributed by atoms with Crippen LogP contribution in [0.1, 0.15) is 23.6 Å². The highest BCUT2D eigenvalue weighted by Gasteiger charge is 2.42. The van der Waals surface area contributed by atoms with Gasteiger partial charge in [0.15, 0.2) is 5.60 Å². The predicted molar refractivity (Wildman–Crippen MR) is 116 cm³/mol. The van der Waals surface area contributed by atoms with Crippen LogP contribution in [0.3, 0.4) is 0 Å². The Morgan fingerprint density at radius 2 is 1.46 bits per heavy atom. The smallest absolute Gasteiger partial charge is 0.167 e. The Balaban J connectivity index is 1.80. The van der Waals surface area contributed by atoms with Crippen LogP contribution in [0, 0.1) is 18.8 Å². The molecule has 0 aliphatic carbocycles. The van der Waals surface area contributed by atoms with Crippen LogP contribution in [0.25, 0.3) is 5.70 Å². The fraction of sp³-hybridized carbons (Fsp3) is 0.154. The fourth-order valence-electron chi connectivity index (χ4n) is 3.54. The van der Waals surface area contributed by atoms with E-state index in [4.69, 9.17) is 0 Å². The maximum Gasteiger partial charge on any atom is 0.167 e. The monoisotopic (exact) mass is 365 g/mol. The SMILES string of the molecule is Cc1ccc(N2C(c3ccccc3)=CC(O)(C#Cc3ccccc3)C2C)cc1. The van der Waals surface area contributed by atoms with Crippen LogP contribution >= 0.6 is 0 Å². The van der Waals surface area contributed by atoms with E-state index >= 15 is 0 Å². The first-order valence-electron chi connectivity index (χ1n) is 9.52. The molecule has 3 aromatic rings. The standard InChI is InChI=1S/C26H23NO/c1-20-13-15-24(16-14-20)27-21(2)26(28,18-17-22-9-5-3-6-10-22)19-25(27)23-11-7-4-8-12-23/h3-16,19,21,28H,1-2H3. The van der Waals surface area contributed by atoms with Crippen molar-refractivity contribution in [3.05, 3.63) is 108 Å². The van der Waals surface area contributed by atoms with Crippen LogP contribution in [-0.2, 0) is 0 Å². The molecule has 0 amide bonds. The number of rotatable bonds is 2. The second-order valence-electron chi connectivity index (χ2n) is 7.22. The average molecular weight is 365 g/mol. The highest BCUT2D eigenvalue weighted by Crippen LogP contribution is 2.39. The molecule has 0 aromatic heterocycles. The molecule has 0 bridgehead atoms. The summed E-state index contributed by atoms with van der Waals surface area (Å²) >= 11 is 0. The van der Waals surface area contributed by atoms with Gasteiger partial charge in [0.25, 0.3) is 0 Å². The summed E-state index contributed by atoms with van der Waals surface area (Å²) in [5.74, 6) is 6.26. The van der Waals surface area contributed by atoms with Crippen LogP contribution in [0.5, 0.6) is 0 Å². The quantitative estimate of drug-likeness (QED) is 0.644. The Bertz CT molecular complexity index is 1040. The molecule has 2 heteroatoms. The van der Waals surface area contributed by atoms with Gasteiger partial charge < -0.3 is 10.0 Å². The van der Waals surface area contributed by atoms with Crippen molar-refractivity contribution in [2.24, 2.45) is 0 Å². The topological polar surface area (TPSA) is 23.5 Å². The summed E-state index contributed by atoms with van der Waals surface area (Å²) in [6, 6.07) is 28.1. The first-order valence-corrected chi connectivity index (χ1v) is 9.52. The Morgan fingerprint density at radius 3 is 2.11 bits per heavy atom. The van der Waals surface area contributed by atoms with Crippen molar-refractivity contribution >= 4 is 11.4 Å². The largest absolute Gasteiger partial charge is 0.372 e. The molecule has 0 saturated carbocycles. The van der Waals surface area contributed by atoms with Gasteiger partial charge in [0.05, 0.1) is 6.04 Å². The Hall–Kier alpha value is -3.28. The first-order chi connectivity index (χ1) is 13.6. The average Bonchev–Trinajstić information content (AvgIpc) is 3.00. The van der Waals surface area contributed by atoms with Crippen molar-refractivity contribution in [2.75, 3.05) is 4.90 Å². The lowest BCUT2D eigenvalue weighted by molar-refractivity contribution is 0.137. The summed E-state index contributed by atoms with van der Waals surface area (Å²) in [4.78, 5) is 2.18. The maximum absolute atomic E-state index is 11.4. The molecule has 3 aromatic carbocycles. The van der Waals surface area contributed by atoms with Crippen molar-refractivity contribution in [1.29, 1.82) is 0 Å². The van der Waals surface area contributed by atoms with E-state index in [0.717, 1.165) is 22.5 Å². The predicted octanol–water partition coefficient (Wildman–Crippen LogP) is 5.03. The Kier molecular flexibility index (Phi) is 4.77. The van der Waals surface area contributed by atoms with Gasteiger partial charge in [-0.25, -0.2) is 0 Å². The molecule has 0 radical (unpaired) electrons. The number of benzene rings is 3. The van der Waals surface area contributed by atoms with Crippen LogP contribution < -0.4 is 4.90 Å². The summed E-state index contributed by atoms with van der Waals surface area (Å²) < 4.78 is 0. The van der Waals surface area contributed by atoms with Gasteiger partial charge in [-0.15, -0.1) is 0 Å². The molecule has 4 rings (SSSR count). The number of nitrogens with zero attached hydrogens (tertiary/aromatic N) is 1. The third kappa shape index (κ3) is 3.45. The zero-order valence-corrected chi connectivity index (χ0v) is 16.1. The molecule has 0 spiro atoms. The van der Waals surface area contributed by atoms with Crippen LogP contribution in [-0.4, -0.2) is 16.7 Å². The van der Waals surface area contributed by atoms with E-state index in [1.54, 1.807) is 0 Å². The third-order valence-electron chi connectivity index (χ3n) is 5.20. The lowest BCUT2D eigenvalue weighted by Crippen LogP contribution is -2.42. The van der Waals surface area contributed by atoms with Gasteiger partial charge in [0.2, 0.25) is 0 Å². The zero-order valence-electron chi connectivity index (χ0n) is 16.1. The Labute approximate surface area is 166 Å². The van der Waals surface area contributed by atoms with Crippen molar-refractivity contribution in [3.63, 3.8) is 0 Å². The van der Waals surface area contributed by atoms with Crippen LogP contribution in [0.2, 0.25) is 0 Å². The van der Waals surface area contributed by atoms with E-state index in [1.807, 2.05) is 61.5 Å². The minimum atomic E-state index is -1.24. The maximum atomic E-state index is 11.4. The van der Waals surface area contributed by atoms with Gasteiger partial charge in [-0.05, 0) is 49.8 Å². The molecule has 0 saturated heterocycles. The van der Waals surface area contributed by atoms with E-state index in [1.165, 1.54) is 5.56 Å². The van der Waals surface area contributed by atoms with Gasteiger partial charge in [0.1, 0.15) is 0 Å². The number of anilines is 1. The number of hydrogen-bond donors (Lipinski definition) is 1. The van der Waals surface area contributed by atoms with E-state index in [9.17, 15) is 5.11 Å². The van der Waals surface area contributed by atoms with Crippen LogP contribution in [0.15, 0.2) is 91.0 Å². The summed E-state index contributed by atoms with van der Waals surface area (Å²) in [7, 11) is 0. The fourth-order valence-corrected chi connectivity index (χ4v) is 3.54. The van der Waals surface area contributed by atoms with Gasteiger partial charge in [-0.1, -0.05) is 78.1 Å². The van der Waals surface area contributed by atoms with Gasteiger partial charge in [-0.2, -0.15) is 0 Å². The van der Waals surface area contributed by atoms with Crippen molar-refractivity contribution in [2.45, 2.75) is 25.5 Å².